The van der Waals surface area contributed by atoms with Gasteiger partial charge in [0.25, 0.3) is 0 Å². The topological polar surface area (TPSA) is 12.0 Å². The molecule has 1 fully saturated rings. The van der Waals surface area contributed by atoms with Crippen molar-refractivity contribution in [2.45, 2.75) is 45.2 Å². The highest BCUT2D eigenvalue weighted by molar-refractivity contribution is 7.09. The van der Waals surface area contributed by atoms with E-state index in [1.807, 2.05) is 11.3 Å². The molecule has 78 valence electrons. The molecule has 1 aromatic heterocycles. The molecule has 1 N–H and O–H groups in total. The largest absolute Gasteiger partial charge is 0.309 e. The molecule has 0 saturated heterocycles. The van der Waals surface area contributed by atoms with Crippen LogP contribution in [0.25, 0.3) is 0 Å². The number of hydrogen-bond acceptors (Lipinski definition) is 2. The summed E-state index contributed by atoms with van der Waals surface area (Å²) < 4.78 is 0. The highest BCUT2D eigenvalue weighted by Crippen LogP contribution is 2.28. The first-order chi connectivity index (χ1) is 6.90. The summed E-state index contributed by atoms with van der Waals surface area (Å²) in [7, 11) is 0. The van der Waals surface area contributed by atoms with Crippen LogP contribution in [0.2, 0.25) is 0 Å². The van der Waals surface area contributed by atoms with Gasteiger partial charge in [-0.25, -0.2) is 0 Å². The standard InChI is InChI=1S/C12H19NS/c1-2-10-5-3-7-12(10)13-9-11-6-4-8-14-11/h4,6,8,10,12-13H,2-3,5,7,9H2,1H3. The van der Waals surface area contributed by atoms with Gasteiger partial charge in [0.15, 0.2) is 0 Å². The molecule has 1 saturated carbocycles. The molecule has 1 aliphatic rings. The van der Waals surface area contributed by atoms with Crippen LogP contribution in [0.15, 0.2) is 17.5 Å². The lowest BCUT2D eigenvalue weighted by molar-refractivity contribution is 0.390. The van der Waals surface area contributed by atoms with E-state index in [4.69, 9.17) is 0 Å². The summed E-state index contributed by atoms with van der Waals surface area (Å²) in [4.78, 5) is 1.46. The van der Waals surface area contributed by atoms with E-state index in [1.165, 1.54) is 30.6 Å². The second kappa shape index (κ2) is 4.94. The first-order valence-electron chi connectivity index (χ1n) is 5.66. The van der Waals surface area contributed by atoms with E-state index in [-0.39, 0.29) is 0 Å². The van der Waals surface area contributed by atoms with E-state index in [1.54, 1.807) is 0 Å². The van der Waals surface area contributed by atoms with E-state index in [0.29, 0.717) is 0 Å². The Labute approximate surface area is 90.5 Å². The van der Waals surface area contributed by atoms with Crippen molar-refractivity contribution in [2.75, 3.05) is 0 Å². The Kier molecular flexibility index (Phi) is 3.60. The van der Waals surface area contributed by atoms with Gasteiger partial charge in [0.2, 0.25) is 0 Å². The third kappa shape index (κ3) is 2.37. The van der Waals surface area contributed by atoms with Crippen molar-refractivity contribution >= 4 is 11.3 Å². The lowest BCUT2D eigenvalue weighted by Crippen LogP contribution is -2.31. The van der Waals surface area contributed by atoms with Gasteiger partial charge in [0, 0.05) is 17.5 Å². The normalized spacial score (nSPS) is 26.9. The lowest BCUT2D eigenvalue weighted by atomic mass is 10.0. The van der Waals surface area contributed by atoms with Gasteiger partial charge < -0.3 is 5.32 Å². The summed E-state index contributed by atoms with van der Waals surface area (Å²) in [5, 5.41) is 5.85. The highest BCUT2D eigenvalue weighted by atomic mass is 32.1. The fourth-order valence-electron chi connectivity index (χ4n) is 2.44. The Hall–Kier alpha value is -0.340. The van der Waals surface area contributed by atoms with Crippen LogP contribution in [0, 0.1) is 5.92 Å². The second-order valence-corrected chi connectivity index (χ2v) is 5.20. The van der Waals surface area contributed by atoms with Crippen LogP contribution in [0.5, 0.6) is 0 Å². The minimum Gasteiger partial charge on any atom is -0.309 e. The van der Waals surface area contributed by atoms with Crippen molar-refractivity contribution in [3.05, 3.63) is 22.4 Å². The minimum absolute atomic E-state index is 0.780. The molecule has 2 atom stereocenters. The van der Waals surface area contributed by atoms with E-state index in [0.717, 1.165) is 18.5 Å². The maximum absolute atomic E-state index is 3.70. The zero-order valence-corrected chi connectivity index (χ0v) is 9.65. The Morgan fingerprint density at radius 2 is 2.43 bits per heavy atom. The van der Waals surface area contributed by atoms with Crippen molar-refractivity contribution in [3.63, 3.8) is 0 Å². The van der Waals surface area contributed by atoms with Crippen molar-refractivity contribution in [3.8, 4) is 0 Å². The molecular weight excluding hydrogens is 190 g/mol. The van der Waals surface area contributed by atoms with Gasteiger partial charge in [0.1, 0.15) is 0 Å². The average Bonchev–Trinajstić information content (AvgIpc) is 2.85. The fraction of sp³-hybridized carbons (Fsp3) is 0.667. The van der Waals surface area contributed by atoms with Crippen molar-refractivity contribution in [1.82, 2.24) is 5.32 Å². The highest BCUT2D eigenvalue weighted by Gasteiger charge is 2.24. The number of hydrogen-bond donors (Lipinski definition) is 1. The van der Waals surface area contributed by atoms with E-state index in [2.05, 4.69) is 29.8 Å². The quantitative estimate of drug-likeness (QED) is 0.801. The molecule has 0 spiro atoms. The van der Waals surface area contributed by atoms with Gasteiger partial charge in [-0.05, 0) is 30.2 Å². The van der Waals surface area contributed by atoms with Crippen molar-refractivity contribution < 1.29 is 0 Å². The fourth-order valence-corrected chi connectivity index (χ4v) is 3.09. The Morgan fingerprint density at radius 3 is 3.14 bits per heavy atom. The smallest absolute Gasteiger partial charge is 0.0302 e. The summed E-state index contributed by atoms with van der Waals surface area (Å²) in [6.45, 7) is 3.38. The Morgan fingerprint density at radius 1 is 1.50 bits per heavy atom. The Balaban J connectivity index is 1.80. The molecule has 0 aromatic carbocycles. The molecular formula is C12H19NS. The van der Waals surface area contributed by atoms with Gasteiger partial charge >= 0.3 is 0 Å². The second-order valence-electron chi connectivity index (χ2n) is 4.17. The monoisotopic (exact) mass is 209 g/mol. The first-order valence-corrected chi connectivity index (χ1v) is 6.54. The van der Waals surface area contributed by atoms with Crippen LogP contribution in [-0.2, 0) is 6.54 Å². The number of rotatable bonds is 4. The summed E-state index contributed by atoms with van der Waals surface area (Å²) >= 11 is 1.85. The average molecular weight is 209 g/mol. The van der Waals surface area contributed by atoms with Gasteiger partial charge in [-0.3, -0.25) is 0 Å². The molecule has 2 unspecified atom stereocenters. The zero-order valence-electron chi connectivity index (χ0n) is 8.83. The van der Waals surface area contributed by atoms with Gasteiger partial charge in [-0.1, -0.05) is 25.8 Å². The van der Waals surface area contributed by atoms with Crippen LogP contribution in [-0.4, -0.2) is 6.04 Å². The van der Waals surface area contributed by atoms with Crippen LogP contribution >= 0.6 is 11.3 Å². The summed E-state index contributed by atoms with van der Waals surface area (Å²) in [6.07, 6.45) is 5.56. The molecule has 1 heterocycles. The molecule has 2 heteroatoms. The summed E-state index contributed by atoms with van der Waals surface area (Å²) in [6, 6.07) is 5.13. The predicted molar refractivity (Wildman–Crippen MR) is 62.6 cm³/mol. The molecule has 1 nitrogen and oxygen atoms in total. The molecule has 1 aromatic rings. The SMILES string of the molecule is CCC1CCCC1NCc1cccs1. The number of nitrogens with one attached hydrogen (secondary N) is 1. The third-order valence-electron chi connectivity index (χ3n) is 3.30. The zero-order chi connectivity index (χ0) is 9.80. The molecule has 0 radical (unpaired) electrons. The van der Waals surface area contributed by atoms with Crippen molar-refractivity contribution in [2.24, 2.45) is 5.92 Å². The molecule has 14 heavy (non-hydrogen) atoms. The summed E-state index contributed by atoms with van der Waals surface area (Å²) in [5.41, 5.74) is 0. The van der Waals surface area contributed by atoms with Gasteiger partial charge in [0.05, 0.1) is 0 Å². The lowest BCUT2D eigenvalue weighted by Gasteiger charge is -2.19. The number of thiophene rings is 1. The maximum atomic E-state index is 3.70. The molecule has 0 bridgehead atoms. The van der Waals surface area contributed by atoms with Crippen LogP contribution in [0.4, 0.5) is 0 Å². The minimum atomic E-state index is 0.780. The van der Waals surface area contributed by atoms with Crippen LogP contribution in [0.3, 0.4) is 0 Å². The van der Waals surface area contributed by atoms with Crippen LogP contribution in [0.1, 0.15) is 37.5 Å². The van der Waals surface area contributed by atoms with Gasteiger partial charge in [-0.15, -0.1) is 11.3 Å². The van der Waals surface area contributed by atoms with Gasteiger partial charge in [-0.2, -0.15) is 0 Å². The maximum Gasteiger partial charge on any atom is 0.0302 e. The molecule has 0 aliphatic heterocycles. The predicted octanol–water partition coefficient (Wildman–Crippen LogP) is 3.42. The van der Waals surface area contributed by atoms with E-state index in [9.17, 15) is 0 Å². The van der Waals surface area contributed by atoms with E-state index < -0.39 is 0 Å². The molecule has 0 amide bonds. The molecule has 2 rings (SSSR count). The van der Waals surface area contributed by atoms with Crippen molar-refractivity contribution in [1.29, 1.82) is 0 Å². The Bertz CT molecular complexity index is 255. The third-order valence-corrected chi connectivity index (χ3v) is 4.18. The molecule has 1 aliphatic carbocycles. The first kappa shape index (κ1) is 10.2. The summed E-state index contributed by atoms with van der Waals surface area (Å²) in [5.74, 6) is 0.926. The van der Waals surface area contributed by atoms with E-state index >= 15 is 0 Å². The van der Waals surface area contributed by atoms with Crippen LogP contribution < -0.4 is 5.32 Å².